The molecule has 0 radical (unpaired) electrons. The van der Waals surface area contributed by atoms with Gasteiger partial charge in [0, 0.05) is 4.91 Å². The largest absolute Gasteiger partial charge is 0.481 e. The number of carboxylic acids is 1. The fourth-order valence-corrected chi connectivity index (χ4v) is 0.525. The van der Waals surface area contributed by atoms with Gasteiger partial charge in [0.05, 0.1) is 0 Å². The molecule has 0 saturated carbocycles. The van der Waals surface area contributed by atoms with E-state index in [4.69, 9.17) is 10.6 Å². The summed E-state index contributed by atoms with van der Waals surface area (Å²) in [6.45, 7) is 1.77. The number of hydrogen-bond donors (Lipinski definition) is 1. The van der Waals surface area contributed by atoms with Crippen LogP contribution in [0.2, 0.25) is 0 Å². The van der Waals surface area contributed by atoms with Crippen molar-refractivity contribution in [1.29, 1.82) is 0 Å². The average Bonchev–Trinajstić information content (AvgIpc) is 1.97. The van der Waals surface area contributed by atoms with E-state index >= 15 is 0 Å². The van der Waals surface area contributed by atoms with Gasteiger partial charge in [-0.3, -0.25) is 4.79 Å². The van der Waals surface area contributed by atoms with Gasteiger partial charge in [-0.05, 0) is 18.9 Å². The zero-order chi connectivity index (χ0) is 8.69. The Hall–Kier alpha value is -1.48. The molecule has 0 aromatic heterocycles. The molecule has 0 aromatic rings. The van der Waals surface area contributed by atoms with E-state index in [0.29, 0.717) is 0 Å². The molecule has 0 heterocycles. The standard InChI is InChI=1S/C6H9N3O2/c1-2-3-4-5(6(10)11)8-9-7/h2-3,5H,4H2,1H3,(H,10,11). The predicted molar refractivity (Wildman–Crippen MR) is 40.0 cm³/mol. The summed E-state index contributed by atoms with van der Waals surface area (Å²) >= 11 is 0. The van der Waals surface area contributed by atoms with E-state index in [-0.39, 0.29) is 6.42 Å². The quantitative estimate of drug-likeness (QED) is 0.290. The predicted octanol–water partition coefficient (Wildman–Crippen LogP) is 1.72. The number of nitrogens with zero attached hydrogens (tertiary/aromatic N) is 3. The third-order valence-electron chi connectivity index (χ3n) is 1.07. The van der Waals surface area contributed by atoms with Crippen LogP contribution in [0, 0.1) is 0 Å². The molecule has 0 saturated heterocycles. The summed E-state index contributed by atoms with van der Waals surface area (Å²) in [5, 5.41) is 11.5. The summed E-state index contributed by atoms with van der Waals surface area (Å²) in [7, 11) is 0. The maximum Gasteiger partial charge on any atom is 0.312 e. The molecule has 1 unspecified atom stereocenters. The number of allylic oxidation sites excluding steroid dienone is 1. The lowest BCUT2D eigenvalue weighted by Gasteiger charge is -1.98. The molecule has 5 heteroatoms. The summed E-state index contributed by atoms with van der Waals surface area (Å²) in [6, 6.07) is -0.976. The van der Waals surface area contributed by atoms with Crippen LogP contribution in [-0.2, 0) is 4.79 Å². The van der Waals surface area contributed by atoms with Crippen LogP contribution >= 0.6 is 0 Å². The van der Waals surface area contributed by atoms with E-state index in [1.54, 1.807) is 19.1 Å². The second kappa shape index (κ2) is 5.32. The fourth-order valence-electron chi connectivity index (χ4n) is 0.525. The first-order chi connectivity index (χ1) is 5.22. The van der Waals surface area contributed by atoms with E-state index in [0.717, 1.165) is 0 Å². The van der Waals surface area contributed by atoms with Crippen LogP contribution in [0.3, 0.4) is 0 Å². The highest BCUT2D eigenvalue weighted by Crippen LogP contribution is 1.99. The first-order valence-electron chi connectivity index (χ1n) is 3.10. The zero-order valence-electron chi connectivity index (χ0n) is 6.14. The molecule has 11 heavy (non-hydrogen) atoms. The highest BCUT2D eigenvalue weighted by atomic mass is 16.4. The van der Waals surface area contributed by atoms with Crippen LogP contribution in [-0.4, -0.2) is 17.1 Å². The lowest BCUT2D eigenvalue weighted by molar-refractivity contribution is -0.138. The van der Waals surface area contributed by atoms with Gasteiger partial charge in [0.15, 0.2) is 0 Å². The maximum absolute atomic E-state index is 10.3. The minimum atomic E-state index is -1.10. The van der Waals surface area contributed by atoms with Crippen LogP contribution in [0.4, 0.5) is 0 Å². The Morgan fingerprint density at radius 2 is 2.55 bits per heavy atom. The lowest BCUT2D eigenvalue weighted by Crippen LogP contribution is -2.15. The van der Waals surface area contributed by atoms with Crippen molar-refractivity contribution in [3.8, 4) is 0 Å². The van der Waals surface area contributed by atoms with Gasteiger partial charge in [0.25, 0.3) is 0 Å². The fraction of sp³-hybridized carbons (Fsp3) is 0.500. The van der Waals surface area contributed by atoms with Gasteiger partial charge in [-0.15, -0.1) is 0 Å². The summed E-state index contributed by atoms with van der Waals surface area (Å²) in [4.78, 5) is 12.7. The van der Waals surface area contributed by atoms with Crippen molar-refractivity contribution in [2.75, 3.05) is 0 Å². The Labute approximate surface area is 64.0 Å². The summed E-state index contributed by atoms with van der Waals surface area (Å²) < 4.78 is 0. The second-order valence-corrected chi connectivity index (χ2v) is 1.86. The third kappa shape index (κ3) is 4.00. The summed E-state index contributed by atoms with van der Waals surface area (Å²) in [5.74, 6) is -1.10. The molecule has 0 rings (SSSR count). The smallest absolute Gasteiger partial charge is 0.312 e. The molecule has 0 amide bonds. The molecule has 1 N–H and O–H groups in total. The highest BCUT2D eigenvalue weighted by molar-refractivity contribution is 5.73. The Bertz CT molecular complexity index is 204. The Balaban J connectivity index is 4.10. The molecule has 0 bridgehead atoms. The van der Waals surface area contributed by atoms with Crippen molar-refractivity contribution in [3.63, 3.8) is 0 Å². The number of rotatable bonds is 4. The Morgan fingerprint density at radius 3 is 2.91 bits per heavy atom. The lowest BCUT2D eigenvalue weighted by atomic mass is 10.2. The first-order valence-corrected chi connectivity index (χ1v) is 3.10. The van der Waals surface area contributed by atoms with E-state index in [1.165, 1.54) is 0 Å². The normalized spacial score (nSPS) is 12.5. The minimum Gasteiger partial charge on any atom is -0.481 e. The van der Waals surface area contributed by atoms with Crippen molar-refractivity contribution < 1.29 is 9.90 Å². The maximum atomic E-state index is 10.3. The molecular formula is C6H9N3O2. The molecule has 0 aliphatic carbocycles. The van der Waals surface area contributed by atoms with Crippen LogP contribution in [0.15, 0.2) is 17.3 Å². The van der Waals surface area contributed by atoms with E-state index in [2.05, 4.69) is 10.0 Å². The number of carboxylic acid groups (broad SMARTS) is 1. The summed E-state index contributed by atoms with van der Waals surface area (Å²) in [6.07, 6.45) is 3.60. The topological polar surface area (TPSA) is 86.1 Å². The number of carbonyl (C=O) groups is 1. The van der Waals surface area contributed by atoms with Gasteiger partial charge in [0.2, 0.25) is 0 Å². The van der Waals surface area contributed by atoms with Crippen LogP contribution in [0.1, 0.15) is 13.3 Å². The Morgan fingerprint density at radius 1 is 1.91 bits per heavy atom. The number of aliphatic carboxylic acids is 1. The van der Waals surface area contributed by atoms with Crippen LogP contribution < -0.4 is 0 Å². The molecule has 0 aromatic carbocycles. The SMILES string of the molecule is CC=CCC(N=[N+]=[N-])C(=O)O. The zero-order valence-corrected chi connectivity index (χ0v) is 6.14. The second-order valence-electron chi connectivity index (χ2n) is 1.86. The molecule has 0 aliphatic heterocycles. The van der Waals surface area contributed by atoms with Crippen molar-refractivity contribution in [3.05, 3.63) is 22.6 Å². The molecule has 0 fully saturated rings. The molecule has 0 spiro atoms. The highest BCUT2D eigenvalue weighted by Gasteiger charge is 2.12. The number of azide groups is 1. The van der Waals surface area contributed by atoms with E-state index < -0.39 is 12.0 Å². The van der Waals surface area contributed by atoms with Gasteiger partial charge in [-0.25, -0.2) is 0 Å². The minimum absolute atomic E-state index is 0.246. The average molecular weight is 155 g/mol. The van der Waals surface area contributed by atoms with Crippen molar-refractivity contribution in [2.45, 2.75) is 19.4 Å². The van der Waals surface area contributed by atoms with Gasteiger partial charge < -0.3 is 5.11 Å². The van der Waals surface area contributed by atoms with Crippen LogP contribution in [0.25, 0.3) is 10.4 Å². The van der Waals surface area contributed by atoms with E-state index in [9.17, 15) is 4.79 Å². The molecule has 5 nitrogen and oxygen atoms in total. The first kappa shape index (κ1) is 9.52. The summed E-state index contributed by atoms with van der Waals surface area (Å²) in [5.41, 5.74) is 7.96. The van der Waals surface area contributed by atoms with Crippen molar-refractivity contribution >= 4 is 5.97 Å². The Kier molecular flexibility index (Phi) is 4.60. The van der Waals surface area contributed by atoms with Crippen molar-refractivity contribution in [1.82, 2.24) is 0 Å². The molecular weight excluding hydrogens is 146 g/mol. The van der Waals surface area contributed by atoms with Crippen LogP contribution in [0.5, 0.6) is 0 Å². The molecule has 60 valence electrons. The molecule has 0 aliphatic rings. The van der Waals surface area contributed by atoms with Gasteiger partial charge in [0.1, 0.15) is 6.04 Å². The van der Waals surface area contributed by atoms with Crippen molar-refractivity contribution in [2.24, 2.45) is 5.11 Å². The molecule has 1 atom stereocenters. The van der Waals surface area contributed by atoms with Gasteiger partial charge in [-0.2, -0.15) is 0 Å². The monoisotopic (exact) mass is 155 g/mol. The number of hydrogen-bond acceptors (Lipinski definition) is 2. The van der Waals surface area contributed by atoms with Gasteiger partial charge >= 0.3 is 5.97 Å². The van der Waals surface area contributed by atoms with E-state index in [1.807, 2.05) is 0 Å². The third-order valence-corrected chi connectivity index (χ3v) is 1.07. The van der Waals surface area contributed by atoms with Gasteiger partial charge in [-0.1, -0.05) is 17.3 Å².